The van der Waals surface area contributed by atoms with Gasteiger partial charge in [-0.25, -0.2) is 8.78 Å². The molecule has 3 nitrogen and oxygen atoms in total. The Bertz CT molecular complexity index is 1060. The van der Waals surface area contributed by atoms with E-state index in [1.807, 2.05) is 31.2 Å². The lowest BCUT2D eigenvalue weighted by Crippen LogP contribution is -2.46. The van der Waals surface area contributed by atoms with E-state index in [0.717, 1.165) is 28.2 Å². The average molecular weight is 350 g/mol. The maximum absolute atomic E-state index is 14.6. The molecular weight excluding hydrogens is 334 g/mol. The van der Waals surface area contributed by atoms with Crippen molar-refractivity contribution in [2.75, 3.05) is 0 Å². The van der Waals surface area contributed by atoms with Crippen molar-refractivity contribution in [3.05, 3.63) is 70.9 Å². The molecule has 0 radical (unpaired) electrons. The second kappa shape index (κ2) is 5.99. The first-order valence-corrected chi connectivity index (χ1v) is 8.34. The summed E-state index contributed by atoms with van der Waals surface area (Å²) in [6.45, 7) is 1.88. The fourth-order valence-corrected chi connectivity index (χ4v) is 3.88. The molecule has 2 aromatic carbocycles. The number of nitrogens with zero attached hydrogens (tertiary/aromatic N) is 1. The molecule has 1 amide bonds. The topological polar surface area (TPSA) is 36.1 Å². The first kappa shape index (κ1) is 16.3. The average Bonchev–Trinajstić information content (AvgIpc) is 2.99. The summed E-state index contributed by atoms with van der Waals surface area (Å²) in [4.78, 5) is 17.3. The van der Waals surface area contributed by atoms with E-state index in [0.29, 0.717) is 6.42 Å². The van der Waals surface area contributed by atoms with Crippen molar-refractivity contribution >= 4 is 16.8 Å². The number of para-hydroxylation sites is 1. The number of carbonyl (C=O) groups is 1. The van der Waals surface area contributed by atoms with Crippen LogP contribution in [0.2, 0.25) is 0 Å². The number of carbonyl (C=O) groups excluding carboxylic acids is 1. The molecule has 2 heterocycles. The van der Waals surface area contributed by atoms with E-state index in [4.69, 9.17) is 6.42 Å². The first-order chi connectivity index (χ1) is 12.5. The lowest BCUT2D eigenvalue weighted by atomic mass is 9.88. The number of benzene rings is 2. The zero-order valence-electron chi connectivity index (χ0n) is 14.1. The first-order valence-electron chi connectivity index (χ1n) is 8.34. The minimum atomic E-state index is -0.731. The molecule has 1 N–H and O–H groups in total. The van der Waals surface area contributed by atoms with Crippen molar-refractivity contribution in [3.8, 4) is 12.3 Å². The molecule has 5 heteroatoms. The van der Waals surface area contributed by atoms with Crippen LogP contribution in [0.3, 0.4) is 0 Å². The number of terminal acetylenes is 1. The van der Waals surface area contributed by atoms with E-state index in [-0.39, 0.29) is 11.6 Å². The number of halogens is 2. The maximum Gasteiger partial charge on any atom is 0.299 e. The second-order valence-electron chi connectivity index (χ2n) is 6.54. The van der Waals surface area contributed by atoms with Crippen LogP contribution in [-0.4, -0.2) is 21.8 Å². The number of rotatable bonds is 1. The Balaban J connectivity index is 2.00. The molecule has 0 fully saturated rings. The third kappa shape index (κ3) is 2.38. The normalized spacial score (nSPS) is 19.2. The lowest BCUT2D eigenvalue weighted by molar-refractivity contribution is -0.129. The number of aromatic amines is 1. The number of fused-ring (bicyclic) bond motifs is 3. The van der Waals surface area contributed by atoms with Crippen LogP contribution in [-0.2, 0) is 11.2 Å². The summed E-state index contributed by atoms with van der Waals surface area (Å²) in [5.41, 5.74) is 2.88. The van der Waals surface area contributed by atoms with Crippen LogP contribution in [0.5, 0.6) is 0 Å². The van der Waals surface area contributed by atoms with Gasteiger partial charge in [0, 0.05) is 34.3 Å². The van der Waals surface area contributed by atoms with E-state index in [1.54, 1.807) is 0 Å². The van der Waals surface area contributed by atoms with Gasteiger partial charge in [0.2, 0.25) is 0 Å². The van der Waals surface area contributed by atoms with Crippen LogP contribution >= 0.6 is 0 Å². The molecule has 1 aliphatic heterocycles. The second-order valence-corrected chi connectivity index (χ2v) is 6.54. The molecule has 4 rings (SSSR count). The Morgan fingerprint density at radius 3 is 2.77 bits per heavy atom. The molecule has 0 saturated carbocycles. The van der Waals surface area contributed by atoms with Gasteiger partial charge in [0.15, 0.2) is 0 Å². The van der Waals surface area contributed by atoms with E-state index in [9.17, 15) is 13.6 Å². The molecule has 130 valence electrons. The van der Waals surface area contributed by atoms with Gasteiger partial charge in [0.05, 0.1) is 0 Å². The van der Waals surface area contributed by atoms with Gasteiger partial charge in [-0.3, -0.25) is 4.79 Å². The van der Waals surface area contributed by atoms with Gasteiger partial charge >= 0.3 is 0 Å². The van der Waals surface area contributed by atoms with E-state index in [1.165, 1.54) is 17.0 Å². The van der Waals surface area contributed by atoms with Crippen molar-refractivity contribution in [1.82, 2.24) is 9.88 Å². The third-order valence-electron chi connectivity index (χ3n) is 4.99. The minimum Gasteiger partial charge on any atom is -0.356 e. The molecule has 0 spiro atoms. The maximum atomic E-state index is 14.6. The molecular formula is C21H16F2N2O. The number of hydrogen-bond donors (Lipinski definition) is 1. The molecule has 0 aliphatic carbocycles. The van der Waals surface area contributed by atoms with E-state index in [2.05, 4.69) is 10.9 Å². The van der Waals surface area contributed by atoms with Crippen LogP contribution in [0.1, 0.15) is 29.8 Å². The van der Waals surface area contributed by atoms with Crippen LogP contribution in [0.15, 0.2) is 42.5 Å². The van der Waals surface area contributed by atoms with Crippen molar-refractivity contribution in [3.63, 3.8) is 0 Å². The number of amides is 1. The molecule has 0 unspecified atom stereocenters. The van der Waals surface area contributed by atoms with Gasteiger partial charge in [0.1, 0.15) is 17.7 Å². The number of H-pyrrole nitrogens is 1. The summed E-state index contributed by atoms with van der Waals surface area (Å²) >= 11 is 0. The molecule has 26 heavy (non-hydrogen) atoms. The highest BCUT2D eigenvalue weighted by molar-refractivity contribution is 5.94. The van der Waals surface area contributed by atoms with Gasteiger partial charge in [-0.2, -0.15) is 0 Å². The highest BCUT2D eigenvalue weighted by Crippen LogP contribution is 2.41. The third-order valence-corrected chi connectivity index (χ3v) is 4.99. The molecule has 3 aromatic rings. The van der Waals surface area contributed by atoms with Crippen molar-refractivity contribution in [2.24, 2.45) is 0 Å². The number of aromatic nitrogens is 1. The molecule has 1 aliphatic rings. The zero-order valence-corrected chi connectivity index (χ0v) is 14.1. The van der Waals surface area contributed by atoms with E-state index < -0.39 is 23.6 Å². The summed E-state index contributed by atoms with van der Waals surface area (Å²) in [6, 6.07) is 10.2. The summed E-state index contributed by atoms with van der Waals surface area (Å²) in [5.74, 6) is 0.249. The molecule has 0 bridgehead atoms. The monoisotopic (exact) mass is 350 g/mol. The minimum absolute atomic E-state index is 0.217. The van der Waals surface area contributed by atoms with Crippen LogP contribution in [0.4, 0.5) is 8.78 Å². The summed E-state index contributed by atoms with van der Waals surface area (Å²) in [5, 5.41) is 1.04. The van der Waals surface area contributed by atoms with Gasteiger partial charge in [-0.1, -0.05) is 24.3 Å². The lowest BCUT2D eigenvalue weighted by Gasteiger charge is -2.40. The quantitative estimate of drug-likeness (QED) is 0.663. The molecule has 1 aromatic heterocycles. The van der Waals surface area contributed by atoms with Gasteiger partial charge in [-0.15, -0.1) is 6.42 Å². The highest BCUT2D eigenvalue weighted by Gasteiger charge is 2.39. The van der Waals surface area contributed by atoms with Gasteiger partial charge in [-0.05, 0) is 37.0 Å². The number of hydrogen-bond acceptors (Lipinski definition) is 1. The van der Waals surface area contributed by atoms with Crippen LogP contribution in [0, 0.1) is 24.0 Å². The van der Waals surface area contributed by atoms with E-state index >= 15 is 0 Å². The predicted molar refractivity (Wildman–Crippen MR) is 95.3 cm³/mol. The predicted octanol–water partition coefficient (Wildman–Crippen LogP) is 3.94. The van der Waals surface area contributed by atoms with Crippen LogP contribution < -0.4 is 0 Å². The van der Waals surface area contributed by atoms with Crippen molar-refractivity contribution in [2.45, 2.75) is 25.4 Å². The smallest absolute Gasteiger partial charge is 0.299 e. The largest absolute Gasteiger partial charge is 0.356 e. The Labute approximate surface area is 149 Å². The number of nitrogens with one attached hydrogen (secondary N) is 1. The zero-order chi connectivity index (χ0) is 18.4. The Morgan fingerprint density at radius 2 is 2.04 bits per heavy atom. The summed E-state index contributed by atoms with van der Waals surface area (Å²) < 4.78 is 28.0. The van der Waals surface area contributed by atoms with Gasteiger partial charge < -0.3 is 9.88 Å². The summed E-state index contributed by atoms with van der Waals surface area (Å²) in [7, 11) is 0. The molecule has 0 saturated heterocycles. The SMILES string of the molecule is C#CC(=O)N1[C@@H](c2ccc(F)cc2F)c2[nH]c3ccccc3c2C[C@@H]1C. The van der Waals surface area contributed by atoms with Gasteiger partial charge in [0.25, 0.3) is 5.91 Å². The van der Waals surface area contributed by atoms with Crippen LogP contribution in [0.25, 0.3) is 10.9 Å². The van der Waals surface area contributed by atoms with Crippen molar-refractivity contribution < 1.29 is 13.6 Å². The summed E-state index contributed by atoms with van der Waals surface area (Å²) in [6.07, 6.45) is 5.96. The standard InChI is InChI=1S/C21H16F2N2O/c1-3-19(26)25-12(2)10-16-14-6-4-5-7-18(14)24-20(16)21(25)15-9-8-13(22)11-17(15)23/h1,4-9,11-12,21,24H,10H2,2H3/t12-,21-/m0/s1. The Morgan fingerprint density at radius 1 is 1.27 bits per heavy atom. The Kier molecular flexibility index (Phi) is 3.77. The van der Waals surface area contributed by atoms with Crippen molar-refractivity contribution in [1.29, 1.82) is 0 Å². The highest BCUT2D eigenvalue weighted by atomic mass is 19.1. The fourth-order valence-electron chi connectivity index (χ4n) is 3.88. The molecule has 2 atom stereocenters. The Hall–Kier alpha value is -3.13. The fraction of sp³-hybridized carbons (Fsp3) is 0.190.